The average molecular weight is 546 g/mol. The molecule has 200 valence electrons. The lowest BCUT2D eigenvalue weighted by molar-refractivity contribution is -0.141. The number of rotatable bonds is 10. The van der Waals surface area contributed by atoms with Gasteiger partial charge >= 0.3 is 0 Å². The van der Waals surface area contributed by atoms with E-state index in [0.717, 1.165) is 11.1 Å². The average Bonchev–Trinajstić information content (AvgIpc) is 3.74. The third-order valence-electron chi connectivity index (χ3n) is 6.23. The zero-order valence-electron chi connectivity index (χ0n) is 21.2. The highest BCUT2D eigenvalue weighted by Gasteiger charge is 2.32. The molecule has 1 aliphatic rings. The van der Waals surface area contributed by atoms with Gasteiger partial charge in [0, 0.05) is 6.54 Å². The van der Waals surface area contributed by atoms with E-state index in [1.54, 1.807) is 41.8 Å². The number of hydrogen-bond donors (Lipinski definition) is 2. The first-order valence-electron chi connectivity index (χ1n) is 12.3. The molecule has 10 heteroatoms. The first kappa shape index (κ1) is 26.1. The van der Waals surface area contributed by atoms with E-state index in [1.807, 2.05) is 37.3 Å². The summed E-state index contributed by atoms with van der Waals surface area (Å²) in [5, 5.41) is 7.37. The van der Waals surface area contributed by atoms with Gasteiger partial charge in [-0.15, -0.1) is 11.3 Å². The van der Waals surface area contributed by atoms with Gasteiger partial charge in [0.05, 0.1) is 24.2 Å². The van der Waals surface area contributed by atoms with Crippen LogP contribution >= 0.6 is 11.3 Å². The number of hydrogen-bond acceptors (Lipinski definition) is 7. The molecule has 1 aliphatic heterocycles. The van der Waals surface area contributed by atoms with E-state index in [0.29, 0.717) is 27.7 Å². The number of fused-ring (bicyclic) bond motifs is 1. The Labute approximate surface area is 229 Å². The fourth-order valence-electron chi connectivity index (χ4n) is 4.22. The molecule has 1 unspecified atom stereocenters. The molecular formula is C29H27N3O6S. The van der Waals surface area contributed by atoms with Gasteiger partial charge in [-0.05, 0) is 53.8 Å². The van der Waals surface area contributed by atoms with Crippen LogP contribution in [0.1, 0.15) is 38.2 Å². The Kier molecular flexibility index (Phi) is 7.93. The zero-order valence-corrected chi connectivity index (χ0v) is 22.0. The Balaban J connectivity index is 1.45. The summed E-state index contributed by atoms with van der Waals surface area (Å²) in [6, 6.07) is 18.8. The van der Waals surface area contributed by atoms with Crippen molar-refractivity contribution in [3.8, 4) is 11.5 Å². The highest BCUT2D eigenvalue weighted by Crippen LogP contribution is 2.34. The number of nitrogens with zero attached hydrogens (tertiary/aromatic N) is 1. The fourth-order valence-corrected chi connectivity index (χ4v) is 4.86. The molecule has 5 rings (SSSR count). The molecule has 1 atom stereocenters. The summed E-state index contributed by atoms with van der Waals surface area (Å²) in [4.78, 5) is 42.0. The van der Waals surface area contributed by atoms with Crippen LogP contribution in [-0.4, -0.2) is 36.0 Å². The molecule has 0 bridgehead atoms. The first-order valence-corrected chi connectivity index (χ1v) is 13.2. The number of ether oxygens (including phenoxy) is 2. The van der Waals surface area contributed by atoms with Crippen LogP contribution in [0.5, 0.6) is 11.5 Å². The van der Waals surface area contributed by atoms with Gasteiger partial charge in [0.15, 0.2) is 11.5 Å². The van der Waals surface area contributed by atoms with Crippen LogP contribution in [0.15, 0.2) is 82.8 Å². The molecule has 0 saturated heterocycles. The quantitative estimate of drug-likeness (QED) is 0.309. The SMILES string of the molecule is Cc1ccc(C(C(=O)NCc2ccco2)N(Cc2ccc3c(c2)OCO3)C(=O)CNC(=O)c2cccs2)cc1. The molecular weight excluding hydrogens is 518 g/mol. The van der Waals surface area contributed by atoms with E-state index < -0.39 is 11.9 Å². The van der Waals surface area contributed by atoms with Gasteiger partial charge in [-0.1, -0.05) is 42.0 Å². The highest BCUT2D eigenvalue weighted by molar-refractivity contribution is 7.12. The van der Waals surface area contributed by atoms with E-state index in [9.17, 15) is 14.4 Å². The van der Waals surface area contributed by atoms with Crippen molar-refractivity contribution in [2.75, 3.05) is 13.3 Å². The Morgan fingerprint density at radius 2 is 1.79 bits per heavy atom. The number of benzene rings is 2. The second-order valence-corrected chi connectivity index (χ2v) is 9.93. The normalized spacial score (nSPS) is 12.5. The second-order valence-electron chi connectivity index (χ2n) is 8.98. The van der Waals surface area contributed by atoms with Crippen molar-refractivity contribution in [3.05, 3.63) is 106 Å². The minimum Gasteiger partial charge on any atom is -0.467 e. The summed E-state index contributed by atoms with van der Waals surface area (Å²) < 4.78 is 16.3. The minimum absolute atomic E-state index is 0.0943. The number of carbonyl (C=O) groups excluding carboxylic acids is 3. The predicted molar refractivity (Wildman–Crippen MR) is 144 cm³/mol. The number of aryl methyl sites for hydroxylation is 1. The zero-order chi connectivity index (χ0) is 27.2. The number of furan rings is 1. The standard InChI is InChI=1S/C29H27N3O6S/c1-19-6-9-21(10-7-19)27(29(35)30-15-22-4-2-12-36-22)32(17-20-8-11-23-24(14-20)38-18-37-23)26(33)16-31-28(34)25-5-3-13-39-25/h2-14,27H,15-18H2,1H3,(H,30,35)(H,31,34). The Bertz CT molecular complexity index is 1430. The second kappa shape index (κ2) is 11.9. The van der Waals surface area contributed by atoms with Crippen LogP contribution in [0.25, 0.3) is 0 Å². The molecule has 2 aromatic carbocycles. The van der Waals surface area contributed by atoms with Gasteiger partial charge in [0.2, 0.25) is 18.6 Å². The van der Waals surface area contributed by atoms with Crippen molar-refractivity contribution >= 4 is 29.1 Å². The lowest BCUT2D eigenvalue weighted by atomic mass is 10.0. The maximum absolute atomic E-state index is 13.7. The molecule has 2 N–H and O–H groups in total. The number of nitrogens with one attached hydrogen (secondary N) is 2. The van der Waals surface area contributed by atoms with E-state index in [4.69, 9.17) is 13.9 Å². The van der Waals surface area contributed by atoms with Crippen LogP contribution in [0.2, 0.25) is 0 Å². The summed E-state index contributed by atoms with van der Waals surface area (Å²) in [5.74, 6) is 0.620. The van der Waals surface area contributed by atoms with Crippen molar-refractivity contribution in [3.63, 3.8) is 0 Å². The van der Waals surface area contributed by atoms with Crippen LogP contribution < -0.4 is 20.1 Å². The Morgan fingerprint density at radius 1 is 0.974 bits per heavy atom. The van der Waals surface area contributed by atoms with E-state index >= 15 is 0 Å². The first-order chi connectivity index (χ1) is 19.0. The lowest BCUT2D eigenvalue weighted by Crippen LogP contribution is -2.46. The summed E-state index contributed by atoms with van der Waals surface area (Å²) in [6.45, 7) is 2.05. The summed E-state index contributed by atoms with van der Waals surface area (Å²) in [7, 11) is 0. The molecule has 0 aliphatic carbocycles. The lowest BCUT2D eigenvalue weighted by Gasteiger charge is -2.32. The Morgan fingerprint density at radius 3 is 2.54 bits per heavy atom. The molecule has 3 amide bonds. The van der Waals surface area contributed by atoms with Gasteiger partial charge in [-0.3, -0.25) is 14.4 Å². The molecule has 9 nitrogen and oxygen atoms in total. The van der Waals surface area contributed by atoms with Crippen molar-refractivity contribution < 1.29 is 28.3 Å². The topological polar surface area (TPSA) is 110 Å². The van der Waals surface area contributed by atoms with Gasteiger partial charge in [-0.25, -0.2) is 0 Å². The third-order valence-corrected chi connectivity index (χ3v) is 7.09. The summed E-state index contributed by atoms with van der Waals surface area (Å²) in [5.41, 5.74) is 2.40. The molecule has 0 saturated carbocycles. The molecule has 39 heavy (non-hydrogen) atoms. The smallest absolute Gasteiger partial charge is 0.261 e. The van der Waals surface area contributed by atoms with Crippen molar-refractivity contribution in [2.45, 2.75) is 26.1 Å². The van der Waals surface area contributed by atoms with Crippen molar-refractivity contribution in [1.29, 1.82) is 0 Å². The van der Waals surface area contributed by atoms with Gasteiger partial charge in [-0.2, -0.15) is 0 Å². The molecule has 4 aromatic rings. The largest absolute Gasteiger partial charge is 0.467 e. The maximum Gasteiger partial charge on any atom is 0.261 e. The van der Waals surface area contributed by atoms with Crippen LogP contribution in [-0.2, 0) is 22.7 Å². The van der Waals surface area contributed by atoms with Crippen LogP contribution in [0.3, 0.4) is 0 Å². The summed E-state index contributed by atoms with van der Waals surface area (Å²) in [6.07, 6.45) is 1.53. The predicted octanol–water partition coefficient (Wildman–Crippen LogP) is 4.19. The monoisotopic (exact) mass is 545 g/mol. The molecule has 0 radical (unpaired) electrons. The minimum atomic E-state index is -0.975. The van der Waals surface area contributed by atoms with Gasteiger partial charge < -0.3 is 29.4 Å². The van der Waals surface area contributed by atoms with Crippen LogP contribution in [0.4, 0.5) is 0 Å². The molecule has 3 heterocycles. The highest BCUT2D eigenvalue weighted by atomic mass is 32.1. The van der Waals surface area contributed by atoms with Crippen LogP contribution in [0, 0.1) is 6.92 Å². The number of amides is 3. The van der Waals surface area contributed by atoms with Crippen molar-refractivity contribution in [2.24, 2.45) is 0 Å². The third kappa shape index (κ3) is 6.29. The molecule has 0 spiro atoms. The van der Waals surface area contributed by atoms with E-state index in [2.05, 4.69) is 10.6 Å². The van der Waals surface area contributed by atoms with E-state index in [1.165, 1.54) is 22.5 Å². The molecule has 2 aromatic heterocycles. The van der Waals surface area contributed by atoms with E-state index in [-0.39, 0.29) is 38.2 Å². The van der Waals surface area contributed by atoms with Crippen molar-refractivity contribution in [1.82, 2.24) is 15.5 Å². The van der Waals surface area contributed by atoms with Gasteiger partial charge in [0.25, 0.3) is 5.91 Å². The Hall–Kier alpha value is -4.57. The maximum atomic E-state index is 13.7. The molecule has 0 fully saturated rings. The number of carbonyl (C=O) groups is 3. The fraction of sp³-hybridized carbons (Fsp3) is 0.207. The van der Waals surface area contributed by atoms with Gasteiger partial charge in [0.1, 0.15) is 11.8 Å². The summed E-state index contributed by atoms with van der Waals surface area (Å²) >= 11 is 1.28. The number of thiophene rings is 1.